The molecule has 2 heterocycles. The molecule has 0 aliphatic heterocycles. The lowest BCUT2D eigenvalue weighted by molar-refractivity contribution is 0.102. The SMILES string of the molecule is Cc1ccccc1NC(=O)c1cc2c(NC(=O)c3ccc(Cl)cc3)n[nH]c2s1. The van der Waals surface area contributed by atoms with Crippen LogP contribution in [0.25, 0.3) is 10.2 Å². The molecule has 0 unspecified atom stereocenters. The topological polar surface area (TPSA) is 86.9 Å². The Morgan fingerprint density at radius 2 is 1.79 bits per heavy atom. The summed E-state index contributed by atoms with van der Waals surface area (Å²) in [4.78, 5) is 26.2. The van der Waals surface area contributed by atoms with Crippen molar-refractivity contribution >= 4 is 56.5 Å². The van der Waals surface area contributed by atoms with Crippen LogP contribution in [0.2, 0.25) is 5.02 Å². The zero-order valence-corrected chi connectivity index (χ0v) is 16.3. The molecule has 2 aromatic carbocycles. The van der Waals surface area contributed by atoms with Crippen molar-refractivity contribution in [3.8, 4) is 0 Å². The number of nitrogens with zero attached hydrogens (tertiary/aromatic N) is 1. The molecule has 0 aliphatic rings. The standard InChI is InChI=1S/C20H15ClN4O2S/c1-11-4-2-3-5-15(11)22-19(27)16-10-14-17(24-25-20(14)28-16)23-18(26)12-6-8-13(21)9-7-12/h2-10H,1H3,(H,22,27)(H2,23,24,25,26). The number of halogens is 1. The van der Waals surface area contributed by atoms with Crippen LogP contribution in [-0.2, 0) is 0 Å². The van der Waals surface area contributed by atoms with Crippen molar-refractivity contribution in [2.75, 3.05) is 10.6 Å². The van der Waals surface area contributed by atoms with Gasteiger partial charge in [0.25, 0.3) is 11.8 Å². The van der Waals surface area contributed by atoms with Gasteiger partial charge in [0.05, 0.1) is 10.3 Å². The van der Waals surface area contributed by atoms with Gasteiger partial charge in [-0.3, -0.25) is 14.7 Å². The number of H-pyrrole nitrogens is 1. The molecule has 0 bridgehead atoms. The van der Waals surface area contributed by atoms with E-state index in [-0.39, 0.29) is 11.8 Å². The number of hydrogen-bond donors (Lipinski definition) is 3. The highest BCUT2D eigenvalue weighted by Crippen LogP contribution is 2.30. The van der Waals surface area contributed by atoms with Crippen molar-refractivity contribution in [3.05, 3.63) is 75.6 Å². The zero-order chi connectivity index (χ0) is 19.7. The third-order valence-electron chi connectivity index (χ3n) is 4.21. The van der Waals surface area contributed by atoms with Gasteiger partial charge in [0.1, 0.15) is 4.83 Å². The van der Waals surface area contributed by atoms with Crippen molar-refractivity contribution in [2.24, 2.45) is 0 Å². The maximum absolute atomic E-state index is 12.6. The Bertz CT molecular complexity index is 1180. The lowest BCUT2D eigenvalue weighted by Gasteiger charge is -2.06. The molecule has 3 N–H and O–H groups in total. The monoisotopic (exact) mass is 410 g/mol. The summed E-state index contributed by atoms with van der Waals surface area (Å²) in [7, 11) is 0. The van der Waals surface area contributed by atoms with E-state index < -0.39 is 0 Å². The van der Waals surface area contributed by atoms with Gasteiger partial charge in [0.15, 0.2) is 5.82 Å². The number of aromatic amines is 1. The summed E-state index contributed by atoms with van der Waals surface area (Å²) >= 11 is 7.13. The molecule has 0 atom stereocenters. The largest absolute Gasteiger partial charge is 0.321 e. The molecular weight excluding hydrogens is 396 g/mol. The van der Waals surface area contributed by atoms with E-state index in [2.05, 4.69) is 20.8 Å². The van der Waals surface area contributed by atoms with Crippen molar-refractivity contribution in [3.63, 3.8) is 0 Å². The van der Waals surface area contributed by atoms with E-state index in [0.29, 0.717) is 31.5 Å². The molecule has 0 aliphatic carbocycles. The number of aromatic nitrogens is 2. The summed E-state index contributed by atoms with van der Waals surface area (Å²) in [6.45, 7) is 1.93. The molecule has 140 valence electrons. The van der Waals surface area contributed by atoms with Crippen LogP contribution in [0, 0.1) is 6.92 Å². The second-order valence-corrected chi connectivity index (χ2v) is 7.64. The highest BCUT2D eigenvalue weighted by molar-refractivity contribution is 7.20. The fourth-order valence-corrected chi connectivity index (χ4v) is 3.73. The molecule has 0 saturated carbocycles. The van der Waals surface area contributed by atoms with Gasteiger partial charge < -0.3 is 10.6 Å². The van der Waals surface area contributed by atoms with Crippen molar-refractivity contribution in [1.82, 2.24) is 10.2 Å². The van der Waals surface area contributed by atoms with Crippen LogP contribution < -0.4 is 10.6 Å². The molecule has 4 aromatic rings. The van der Waals surface area contributed by atoms with Crippen LogP contribution >= 0.6 is 22.9 Å². The summed E-state index contributed by atoms with van der Waals surface area (Å²) in [6, 6.07) is 15.9. The Morgan fingerprint density at radius 1 is 1.04 bits per heavy atom. The van der Waals surface area contributed by atoms with E-state index in [9.17, 15) is 9.59 Å². The van der Waals surface area contributed by atoms with Gasteiger partial charge in [-0.15, -0.1) is 11.3 Å². The minimum Gasteiger partial charge on any atom is -0.321 e. The van der Waals surface area contributed by atoms with E-state index in [1.54, 1.807) is 30.3 Å². The van der Waals surface area contributed by atoms with Gasteiger partial charge in [-0.25, -0.2) is 0 Å². The second-order valence-electron chi connectivity index (χ2n) is 6.16. The number of benzene rings is 2. The van der Waals surface area contributed by atoms with Crippen molar-refractivity contribution in [2.45, 2.75) is 6.92 Å². The molecular formula is C20H15ClN4O2S. The minimum atomic E-state index is -0.304. The number of nitrogens with one attached hydrogen (secondary N) is 3. The molecule has 0 radical (unpaired) electrons. The van der Waals surface area contributed by atoms with Crippen LogP contribution in [0.5, 0.6) is 0 Å². The minimum absolute atomic E-state index is 0.209. The van der Waals surface area contributed by atoms with E-state index >= 15 is 0 Å². The first-order chi connectivity index (χ1) is 13.5. The molecule has 28 heavy (non-hydrogen) atoms. The lowest BCUT2D eigenvalue weighted by atomic mass is 10.2. The number of anilines is 2. The highest BCUT2D eigenvalue weighted by atomic mass is 35.5. The van der Waals surface area contributed by atoms with Crippen LogP contribution in [0.3, 0.4) is 0 Å². The normalized spacial score (nSPS) is 10.8. The molecule has 0 saturated heterocycles. The first-order valence-electron chi connectivity index (χ1n) is 8.43. The Labute approximate surface area is 169 Å². The molecule has 0 spiro atoms. The number of carbonyl (C=O) groups excluding carboxylic acids is 2. The van der Waals surface area contributed by atoms with Crippen molar-refractivity contribution < 1.29 is 9.59 Å². The molecule has 6 nitrogen and oxygen atoms in total. The Hall–Kier alpha value is -3.16. The van der Waals surface area contributed by atoms with Gasteiger partial charge in [-0.1, -0.05) is 29.8 Å². The zero-order valence-electron chi connectivity index (χ0n) is 14.7. The number of hydrogen-bond acceptors (Lipinski definition) is 4. The number of rotatable bonds is 4. The third kappa shape index (κ3) is 3.62. The molecule has 4 rings (SSSR count). The number of aryl methyl sites for hydroxylation is 1. The van der Waals surface area contributed by atoms with E-state index in [1.807, 2.05) is 31.2 Å². The van der Waals surface area contributed by atoms with Gasteiger partial charge in [0, 0.05) is 16.3 Å². The first-order valence-corrected chi connectivity index (χ1v) is 9.62. The summed E-state index contributed by atoms with van der Waals surface area (Å²) in [5, 5.41) is 13.9. The van der Waals surface area contributed by atoms with Gasteiger partial charge in [-0.2, -0.15) is 5.10 Å². The number of thiophene rings is 1. The van der Waals surface area contributed by atoms with Crippen LogP contribution in [0.4, 0.5) is 11.5 Å². The first kappa shape index (κ1) is 18.2. The molecule has 8 heteroatoms. The number of amides is 2. The summed E-state index contributed by atoms with van der Waals surface area (Å²) in [5.74, 6) is -0.137. The Morgan fingerprint density at radius 3 is 2.54 bits per heavy atom. The predicted octanol–water partition coefficient (Wildman–Crippen LogP) is 5.09. The maximum Gasteiger partial charge on any atom is 0.265 e. The highest BCUT2D eigenvalue weighted by Gasteiger charge is 2.17. The average molecular weight is 411 g/mol. The van der Waals surface area contributed by atoms with E-state index in [4.69, 9.17) is 11.6 Å². The molecule has 0 fully saturated rings. The number of para-hydroxylation sites is 1. The number of fused-ring (bicyclic) bond motifs is 1. The van der Waals surface area contributed by atoms with Crippen LogP contribution in [0.1, 0.15) is 25.6 Å². The molecule has 2 aromatic heterocycles. The summed E-state index contributed by atoms with van der Waals surface area (Å²) < 4.78 is 0. The van der Waals surface area contributed by atoms with Crippen LogP contribution in [-0.4, -0.2) is 22.0 Å². The van der Waals surface area contributed by atoms with Crippen molar-refractivity contribution in [1.29, 1.82) is 0 Å². The van der Waals surface area contributed by atoms with Gasteiger partial charge >= 0.3 is 0 Å². The second kappa shape index (κ2) is 7.46. The smallest absolute Gasteiger partial charge is 0.265 e. The van der Waals surface area contributed by atoms with Crippen LogP contribution in [0.15, 0.2) is 54.6 Å². The fraction of sp³-hybridized carbons (Fsp3) is 0.0500. The van der Waals surface area contributed by atoms with E-state index in [0.717, 1.165) is 11.3 Å². The van der Waals surface area contributed by atoms with Gasteiger partial charge in [-0.05, 0) is 48.9 Å². The predicted molar refractivity (Wildman–Crippen MR) is 113 cm³/mol. The van der Waals surface area contributed by atoms with Gasteiger partial charge in [0.2, 0.25) is 0 Å². The average Bonchev–Trinajstić information content (AvgIpc) is 3.26. The lowest BCUT2D eigenvalue weighted by Crippen LogP contribution is -2.12. The molecule has 2 amide bonds. The quantitative estimate of drug-likeness (QED) is 0.438. The summed E-state index contributed by atoms with van der Waals surface area (Å²) in [6.07, 6.45) is 0. The maximum atomic E-state index is 12.6. The third-order valence-corrected chi connectivity index (χ3v) is 5.50. The number of carbonyl (C=O) groups is 2. The Kier molecular flexibility index (Phi) is 4.85. The van der Waals surface area contributed by atoms with E-state index in [1.165, 1.54) is 11.3 Å². The fourth-order valence-electron chi connectivity index (χ4n) is 2.70. The summed E-state index contributed by atoms with van der Waals surface area (Å²) in [5.41, 5.74) is 2.21. The Balaban J connectivity index is 1.55.